The van der Waals surface area contributed by atoms with Crippen LogP contribution in [0.3, 0.4) is 0 Å². The fourth-order valence-electron chi connectivity index (χ4n) is 0.831. The zero-order chi connectivity index (χ0) is 7.56. The number of hydrogen-bond acceptors (Lipinski definition) is 2. The van der Waals surface area contributed by atoms with Crippen LogP contribution in [0.1, 0.15) is 13.3 Å². The Bertz CT molecular complexity index is 206. The highest BCUT2D eigenvalue weighted by atomic mass is 32.2. The average molecular weight is 157 g/mol. The second kappa shape index (κ2) is 3.12. The first-order valence-electron chi connectivity index (χ1n) is 3.18. The summed E-state index contributed by atoms with van der Waals surface area (Å²) in [6.45, 7) is 2.05. The van der Waals surface area contributed by atoms with Gasteiger partial charge in [0.25, 0.3) is 0 Å². The van der Waals surface area contributed by atoms with Crippen molar-refractivity contribution in [3.8, 4) is 0 Å². The lowest BCUT2D eigenvalue weighted by molar-refractivity contribution is 0.544. The van der Waals surface area contributed by atoms with Crippen LogP contribution < -0.4 is 0 Å². The molecule has 1 unspecified atom stereocenters. The Morgan fingerprint density at radius 3 is 2.90 bits per heavy atom. The monoisotopic (exact) mass is 157 g/mol. The molecule has 0 aliphatic heterocycles. The fourth-order valence-corrected chi connectivity index (χ4v) is 1.25. The van der Waals surface area contributed by atoms with E-state index in [1.54, 1.807) is 12.2 Å². The van der Waals surface area contributed by atoms with E-state index in [9.17, 15) is 8.76 Å². The Morgan fingerprint density at radius 1 is 1.80 bits per heavy atom. The van der Waals surface area contributed by atoms with Crippen LogP contribution in [0.15, 0.2) is 23.1 Å². The number of rotatable bonds is 1. The van der Waals surface area contributed by atoms with Crippen LogP contribution in [0.5, 0.6) is 0 Å². The Hall–Kier alpha value is -0.410. The zero-order valence-electron chi connectivity index (χ0n) is 5.74. The third kappa shape index (κ3) is 1.78. The summed E-state index contributed by atoms with van der Waals surface area (Å²) in [6, 6.07) is 0. The molecule has 56 valence electrons. The Kier molecular flexibility index (Phi) is 2.40. The smallest absolute Gasteiger partial charge is 0.0206 e. The van der Waals surface area contributed by atoms with Crippen molar-refractivity contribution in [2.24, 2.45) is 5.92 Å². The number of hydrogen-bond donors (Lipinski definition) is 0. The molecule has 0 aromatic heterocycles. The minimum Gasteiger partial charge on any atom is -0.768 e. The SMILES string of the molecule is C[C@H]1C=CC(S(=O)[O-])=CC1. The minimum atomic E-state index is -2.04. The maximum atomic E-state index is 10.3. The molecule has 0 spiro atoms. The minimum absolute atomic E-state index is 0.415. The summed E-state index contributed by atoms with van der Waals surface area (Å²) >= 11 is -2.04. The lowest BCUT2D eigenvalue weighted by atomic mass is 10.0. The molecule has 0 heterocycles. The van der Waals surface area contributed by atoms with Crippen LogP contribution in [-0.4, -0.2) is 8.76 Å². The quantitative estimate of drug-likeness (QED) is 0.539. The van der Waals surface area contributed by atoms with Gasteiger partial charge >= 0.3 is 0 Å². The van der Waals surface area contributed by atoms with Crippen molar-refractivity contribution in [3.05, 3.63) is 23.1 Å². The van der Waals surface area contributed by atoms with Crippen molar-refractivity contribution in [2.75, 3.05) is 0 Å². The van der Waals surface area contributed by atoms with E-state index in [-0.39, 0.29) is 0 Å². The van der Waals surface area contributed by atoms with Crippen molar-refractivity contribution in [2.45, 2.75) is 13.3 Å². The van der Waals surface area contributed by atoms with Gasteiger partial charge in [0, 0.05) is 4.91 Å². The second-order valence-corrected chi connectivity index (χ2v) is 3.35. The van der Waals surface area contributed by atoms with Crippen LogP contribution in [0.4, 0.5) is 0 Å². The first-order chi connectivity index (χ1) is 4.70. The average Bonchev–Trinajstić information content (AvgIpc) is 1.88. The fraction of sp³-hybridized carbons (Fsp3) is 0.429. The van der Waals surface area contributed by atoms with Crippen LogP contribution in [0.2, 0.25) is 0 Å². The van der Waals surface area contributed by atoms with Crippen molar-refractivity contribution < 1.29 is 8.76 Å². The van der Waals surface area contributed by atoms with Crippen molar-refractivity contribution >= 4 is 11.1 Å². The van der Waals surface area contributed by atoms with E-state index in [2.05, 4.69) is 6.92 Å². The maximum Gasteiger partial charge on any atom is 0.0206 e. The van der Waals surface area contributed by atoms with Gasteiger partial charge in [0.05, 0.1) is 0 Å². The van der Waals surface area contributed by atoms with Crippen molar-refractivity contribution in [1.82, 2.24) is 0 Å². The lowest BCUT2D eigenvalue weighted by Gasteiger charge is -2.12. The van der Waals surface area contributed by atoms with E-state index in [1.807, 2.05) is 6.08 Å². The molecule has 1 aliphatic carbocycles. The van der Waals surface area contributed by atoms with Crippen molar-refractivity contribution in [3.63, 3.8) is 0 Å². The molecule has 0 aromatic rings. The van der Waals surface area contributed by atoms with Gasteiger partial charge in [-0.05, 0) is 23.4 Å². The molecule has 1 aliphatic rings. The van der Waals surface area contributed by atoms with E-state index in [1.165, 1.54) is 0 Å². The predicted octanol–water partition coefficient (Wildman–Crippen LogP) is 1.35. The molecule has 2 atom stereocenters. The Balaban J connectivity index is 2.67. The normalized spacial score (nSPS) is 27.8. The molecule has 2 nitrogen and oxygen atoms in total. The van der Waals surface area contributed by atoms with Gasteiger partial charge < -0.3 is 4.55 Å². The van der Waals surface area contributed by atoms with Crippen LogP contribution in [-0.2, 0) is 11.1 Å². The summed E-state index contributed by atoms with van der Waals surface area (Å²) in [6.07, 6.45) is 6.13. The van der Waals surface area contributed by atoms with Gasteiger partial charge in [-0.25, -0.2) is 0 Å². The van der Waals surface area contributed by atoms with Gasteiger partial charge in [-0.15, -0.1) is 0 Å². The largest absolute Gasteiger partial charge is 0.768 e. The summed E-state index contributed by atoms with van der Waals surface area (Å²) in [4.78, 5) is 0.415. The van der Waals surface area contributed by atoms with Gasteiger partial charge in [-0.1, -0.05) is 25.2 Å². The third-order valence-corrected chi connectivity index (χ3v) is 2.16. The summed E-state index contributed by atoms with van der Waals surface area (Å²) in [7, 11) is 0. The zero-order valence-corrected chi connectivity index (χ0v) is 6.56. The van der Waals surface area contributed by atoms with Crippen LogP contribution >= 0.6 is 0 Å². The molecule has 1 rings (SSSR count). The van der Waals surface area contributed by atoms with Gasteiger partial charge in [0.15, 0.2) is 0 Å². The first-order valence-corrected chi connectivity index (χ1v) is 4.25. The highest BCUT2D eigenvalue weighted by Gasteiger charge is 2.02. The molecule has 0 bridgehead atoms. The predicted molar refractivity (Wildman–Crippen MR) is 39.9 cm³/mol. The lowest BCUT2D eigenvalue weighted by Crippen LogP contribution is -1.98. The van der Waals surface area contributed by atoms with E-state index in [0.717, 1.165) is 6.42 Å². The first kappa shape index (κ1) is 7.69. The summed E-state index contributed by atoms with van der Waals surface area (Å²) in [5, 5.41) is 0. The molecule has 0 aromatic carbocycles. The Labute approximate surface area is 62.9 Å². The molecule has 3 heteroatoms. The molecule has 0 radical (unpaired) electrons. The van der Waals surface area contributed by atoms with Crippen LogP contribution in [0.25, 0.3) is 0 Å². The Morgan fingerprint density at radius 2 is 2.50 bits per heavy atom. The van der Waals surface area contributed by atoms with E-state index in [0.29, 0.717) is 10.8 Å². The van der Waals surface area contributed by atoms with Crippen LogP contribution in [0, 0.1) is 5.92 Å². The maximum absolute atomic E-state index is 10.3. The second-order valence-electron chi connectivity index (χ2n) is 2.41. The molecule has 10 heavy (non-hydrogen) atoms. The third-order valence-electron chi connectivity index (χ3n) is 1.47. The highest BCUT2D eigenvalue weighted by molar-refractivity contribution is 7.83. The molecule has 0 fully saturated rings. The summed E-state index contributed by atoms with van der Waals surface area (Å²) in [5.41, 5.74) is 0. The summed E-state index contributed by atoms with van der Waals surface area (Å²) in [5.74, 6) is 0.479. The van der Waals surface area contributed by atoms with E-state index in [4.69, 9.17) is 0 Å². The molecular weight excluding hydrogens is 148 g/mol. The van der Waals surface area contributed by atoms with Gasteiger partial charge in [-0.2, -0.15) is 0 Å². The number of allylic oxidation sites excluding steroid dienone is 3. The highest BCUT2D eigenvalue weighted by Crippen LogP contribution is 2.16. The van der Waals surface area contributed by atoms with Crippen molar-refractivity contribution in [1.29, 1.82) is 0 Å². The van der Waals surface area contributed by atoms with Gasteiger partial charge in [-0.3, -0.25) is 4.21 Å². The van der Waals surface area contributed by atoms with E-state index >= 15 is 0 Å². The van der Waals surface area contributed by atoms with Gasteiger partial charge in [0.1, 0.15) is 0 Å². The standard InChI is InChI=1S/C7H10O2S/c1-6-2-4-7(5-3-6)10(8)9/h2,4-6H,3H2,1H3,(H,8,9)/p-1/t6-/m0/s1. The molecular formula is C7H9O2S-. The molecule has 0 saturated heterocycles. The van der Waals surface area contributed by atoms with E-state index < -0.39 is 11.1 Å². The van der Waals surface area contributed by atoms with Gasteiger partial charge in [0.2, 0.25) is 0 Å². The molecule has 0 amide bonds. The molecule has 0 saturated carbocycles. The molecule has 0 N–H and O–H groups in total. The summed E-state index contributed by atoms with van der Waals surface area (Å²) < 4.78 is 20.7. The topological polar surface area (TPSA) is 40.1 Å².